The number of nitrogens with zero attached hydrogens (tertiary/aromatic N) is 1. The highest BCUT2D eigenvalue weighted by Gasteiger charge is 2.10. The Morgan fingerprint density at radius 2 is 2.22 bits per heavy atom. The monoisotopic (exact) mass is 246 g/mol. The zero-order valence-electron chi connectivity index (χ0n) is 10.8. The van der Waals surface area contributed by atoms with Gasteiger partial charge >= 0.3 is 0 Å². The largest absolute Gasteiger partial charge is 0.477 e. The number of benzene rings is 1. The number of nitrogens with one attached hydrogen (secondary N) is 1. The predicted octanol–water partition coefficient (Wildman–Crippen LogP) is 2.96. The van der Waals surface area contributed by atoms with E-state index in [9.17, 15) is 4.79 Å². The molecule has 0 spiro atoms. The highest BCUT2D eigenvalue weighted by molar-refractivity contribution is 5.92. The van der Waals surface area contributed by atoms with Crippen molar-refractivity contribution in [3.8, 4) is 11.8 Å². The zero-order chi connectivity index (χ0) is 13.4. The van der Waals surface area contributed by atoms with Crippen LogP contribution in [0.3, 0.4) is 0 Å². The third-order valence-corrected chi connectivity index (χ3v) is 2.68. The first kappa shape index (κ1) is 14.0. The lowest BCUT2D eigenvalue weighted by Gasteiger charge is -2.12. The van der Waals surface area contributed by atoms with Gasteiger partial charge in [0.2, 0.25) is 5.91 Å². The average Bonchev–Trinajstić information content (AvgIpc) is 2.37. The lowest BCUT2D eigenvalue weighted by atomic mass is 10.1. The Kier molecular flexibility index (Phi) is 5.72. The Labute approximate surface area is 108 Å². The maximum Gasteiger partial charge on any atom is 0.224 e. The van der Waals surface area contributed by atoms with Crippen molar-refractivity contribution >= 4 is 11.6 Å². The van der Waals surface area contributed by atoms with Crippen LogP contribution in [0.5, 0.6) is 5.75 Å². The fraction of sp³-hybridized carbons (Fsp3) is 0.429. The maximum absolute atomic E-state index is 11.8. The number of nitriles is 1. The summed E-state index contributed by atoms with van der Waals surface area (Å²) in [4.78, 5) is 11.8. The van der Waals surface area contributed by atoms with E-state index >= 15 is 0 Å². The van der Waals surface area contributed by atoms with Crippen molar-refractivity contribution in [3.05, 3.63) is 24.3 Å². The summed E-state index contributed by atoms with van der Waals surface area (Å²) in [6.07, 6.45) is 1.46. The first-order chi connectivity index (χ1) is 8.67. The van der Waals surface area contributed by atoms with Crippen molar-refractivity contribution in [2.75, 3.05) is 11.9 Å². The van der Waals surface area contributed by atoms with Gasteiger partial charge < -0.3 is 10.1 Å². The molecular formula is C14H18N2O2. The summed E-state index contributed by atoms with van der Waals surface area (Å²) >= 11 is 0. The van der Waals surface area contributed by atoms with E-state index in [2.05, 4.69) is 12.2 Å². The number of anilines is 1. The van der Waals surface area contributed by atoms with Gasteiger partial charge in [0.25, 0.3) is 0 Å². The summed E-state index contributed by atoms with van der Waals surface area (Å²) in [5.74, 6) is 0.853. The molecule has 0 saturated heterocycles. The molecule has 0 heterocycles. The number of carbonyl (C=O) groups is 1. The topological polar surface area (TPSA) is 62.1 Å². The van der Waals surface area contributed by atoms with Gasteiger partial charge in [-0.25, -0.2) is 0 Å². The van der Waals surface area contributed by atoms with Gasteiger partial charge in [-0.2, -0.15) is 5.26 Å². The standard InChI is InChI=1S/C14H18N2O2/c1-3-11(2)10-14(17)16-12-6-4-5-7-13(12)18-9-8-15/h4-7,11H,3,9-10H2,1-2H3,(H,16,17). The van der Waals surface area contributed by atoms with Gasteiger partial charge in [0, 0.05) is 6.42 Å². The van der Waals surface area contributed by atoms with E-state index in [1.165, 1.54) is 0 Å². The van der Waals surface area contributed by atoms with Crippen molar-refractivity contribution < 1.29 is 9.53 Å². The summed E-state index contributed by atoms with van der Waals surface area (Å²) in [5.41, 5.74) is 0.612. The molecule has 0 aliphatic carbocycles. The van der Waals surface area contributed by atoms with E-state index in [4.69, 9.17) is 10.00 Å². The Morgan fingerprint density at radius 3 is 2.89 bits per heavy atom. The molecule has 4 nitrogen and oxygen atoms in total. The van der Waals surface area contributed by atoms with Crippen LogP contribution in [-0.2, 0) is 4.79 Å². The molecule has 0 saturated carbocycles. The smallest absolute Gasteiger partial charge is 0.224 e. The Morgan fingerprint density at radius 1 is 1.50 bits per heavy atom. The summed E-state index contributed by atoms with van der Waals surface area (Å²) in [5, 5.41) is 11.3. The third kappa shape index (κ3) is 4.46. The van der Waals surface area contributed by atoms with Gasteiger partial charge in [-0.15, -0.1) is 0 Å². The van der Waals surface area contributed by atoms with Crippen molar-refractivity contribution in [3.63, 3.8) is 0 Å². The summed E-state index contributed by atoms with van der Waals surface area (Å²) in [6.45, 7) is 4.07. The number of amides is 1. The first-order valence-electron chi connectivity index (χ1n) is 6.06. The molecule has 18 heavy (non-hydrogen) atoms. The van der Waals surface area contributed by atoms with Crippen LogP contribution in [0.1, 0.15) is 26.7 Å². The van der Waals surface area contributed by atoms with E-state index in [0.717, 1.165) is 6.42 Å². The van der Waals surface area contributed by atoms with E-state index in [1.807, 2.05) is 19.1 Å². The van der Waals surface area contributed by atoms with E-state index in [-0.39, 0.29) is 12.5 Å². The summed E-state index contributed by atoms with van der Waals surface area (Å²) in [6, 6.07) is 9.02. The molecule has 0 radical (unpaired) electrons. The minimum atomic E-state index is -0.0302. The van der Waals surface area contributed by atoms with Crippen molar-refractivity contribution in [2.45, 2.75) is 26.7 Å². The molecule has 1 rings (SSSR count). The highest BCUT2D eigenvalue weighted by atomic mass is 16.5. The molecule has 1 aromatic carbocycles. The van der Waals surface area contributed by atoms with Crippen LogP contribution >= 0.6 is 0 Å². The second-order valence-electron chi connectivity index (χ2n) is 4.21. The van der Waals surface area contributed by atoms with Crippen LogP contribution < -0.4 is 10.1 Å². The van der Waals surface area contributed by atoms with Gasteiger partial charge in [-0.1, -0.05) is 32.4 Å². The lowest BCUT2D eigenvalue weighted by molar-refractivity contribution is -0.117. The molecule has 1 atom stereocenters. The predicted molar refractivity (Wildman–Crippen MR) is 70.3 cm³/mol. The van der Waals surface area contributed by atoms with Crippen LogP contribution in [0, 0.1) is 17.2 Å². The second-order valence-corrected chi connectivity index (χ2v) is 4.21. The van der Waals surface area contributed by atoms with Crippen LogP contribution in [0.2, 0.25) is 0 Å². The third-order valence-electron chi connectivity index (χ3n) is 2.68. The van der Waals surface area contributed by atoms with Gasteiger partial charge in [-0.05, 0) is 18.1 Å². The Bertz CT molecular complexity index is 438. The van der Waals surface area contributed by atoms with Gasteiger partial charge in [0.15, 0.2) is 6.61 Å². The molecule has 4 heteroatoms. The molecule has 96 valence electrons. The van der Waals surface area contributed by atoms with E-state index in [1.54, 1.807) is 18.2 Å². The quantitative estimate of drug-likeness (QED) is 0.839. The molecular weight excluding hydrogens is 228 g/mol. The van der Waals surface area contributed by atoms with Gasteiger partial charge in [-0.3, -0.25) is 4.79 Å². The Hall–Kier alpha value is -2.02. The Balaban J connectivity index is 2.66. The van der Waals surface area contributed by atoms with Gasteiger partial charge in [0.1, 0.15) is 11.8 Å². The number of para-hydroxylation sites is 2. The number of hydrogen-bond acceptors (Lipinski definition) is 3. The molecule has 0 aromatic heterocycles. The van der Waals surface area contributed by atoms with Crippen molar-refractivity contribution in [2.24, 2.45) is 5.92 Å². The van der Waals surface area contributed by atoms with Crippen molar-refractivity contribution in [1.82, 2.24) is 0 Å². The fourth-order valence-electron chi connectivity index (χ4n) is 1.47. The molecule has 0 aliphatic rings. The van der Waals surface area contributed by atoms with Crippen LogP contribution in [0.15, 0.2) is 24.3 Å². The molecule has 0 fully saturated rings. The second kappa shape index (κ2) is 7.33. The molecule has 1 amide bonds. The number of hydrogen-bond donors (Lipinski definition) is 1. The first-order valence-corrected chi connectivity index (χ1v) is 6.06. The minimum absolute atomic E-state index is 0.0295. The van der Waals surface area contributed by atoms with Crippen LogP contribution in [0.4, 0.5) is 5.69 Å². The number of carbonyl (C=O) groups excluding carboxylic acids is 1. The molecule has 1 unspecified atom stereocenters. The fourth-order valence-corrected chi connectivity index (χ4v) is 1.47. The normalized spacial score (nSPS) is 11.4. The molecule has 0 bridgehead atoms. The molecule has 0 aliphatic heterocycles. The molecule has 1 aromatic rings. The van der Waals surface area contributed by atoms with Crippen molar-refractivity contribution in [1.29, 1.82) is 5.26 Å². The van der Waals surface area contributed by atoms with E-state index < -0.39 is 0 Å². The SMILES string of the molecule is CCC(C)CC(=O)Nc1ccccc1OCC#N. The maximum atomic E-state index is 11.8. The van der Waals surface area contributed by atoms with E-state index in [0.29, 0.717) is 23.8 Å². The number of ether oxygens (including phenoxy) is 1. The summed E-state index contributed by atoms with van der Waals surface area (Å²) < 4.78 is 5.24. The lowest BCUT2D eigenvalue weighted by Crippen LogP contribution is -2.15. The summed E-state index contributed by atoms with van der Waals surface area (Å²) in [7, 11) is 0. The van der Waals surface area contributed by atoms with Crippen LogP contribution in [-0.4, -0.2) is 12.5 Å². The minimum Gasteiger partial charge on any atom is -0.477 e. The number of rotatable bonds is 6. The average molecular weight is 246 g/mol. The van der Waals surface area contributed by atoms with Gasteiger partial charge in [0.05, 0.1) is 5.69 Å². The molecule has 1 N–H and O–H groups in total. The zero-order valence-corrected chi connectivity index (χ0v) is 10.8. The van der Waals surface area contributed by atoms with Crippen LogP contribution in [0.25, 0.3) is 0 Å². The highest BCUT2D eigenvalue weighted by Crippen LogP contribution is 2.24.